The van der Waals surface area contributed by atoms with E-state index in [0.29, 0.717) is 11.4 Å². The monoisotopic (exact) mass is 416 g/mol. The highest BCUT2D eigenvalue weighted by Gasteiger charge is 2.22. The highest BCUT2D eigenvalue weighted by molar-refractivity contribution is 7.92. The minimum absolute atomic E-state index is 0.207. The summed E-state index contributed by atoms with van der Waals surface area (Å²) in [4.78, 5) is 12.7. The van der Waals surface area contributed by atoms with Crippen LogP contribution in [-0.2, 0) is 27.7 Å². The zero-order valence-corrected chi connectivity index (χ0v) is 18.0. The lowest BCUT2D eigenvalue weighted by Gasteiger charge is -2.24. The van der Waals surface area contributed by atoms with Crippen LogP contribution in [0.25, 0.3) is 0 Å². The largest absolute Gasteiger partial charge is 0.497 e. The minimum atomic E-state index is -3.63. The van der Waals surface area contributed by atoms with Gasteiger partial charge < -0.3 is 10.1 Å². The third kappa shape index (κ3) is 5.29. The number of hydrogen-bond acceptors (Lipinski definition) is 4. The van der Waals surface area contributed by atoms with E-state index in [4.69, 9.17) is 4.74 Å². The molecule has 0 aliphatic heterocycles. The highest BCUT2D eigenvalue weighted by atomic mass is 32.2. The normalized spacial score (nSPS) is 14.6. The van der Waals surface area contributed by atoms with Gasteiger partial charge in [-0.05, 0) is 61.4 Å². The molecule has 1 aliphatic carbocycles. The number of hydrogen-bond donors (Lipinski definition) is 1. The number of carbonyl (C=O) groups is 1. The van der Waals surface area contributed by atoms with Crippen molar-refractivity contribution < 1.29 is 17.9 Å². The molecule has 0 radical (unpaired) electrons. The topological polar surface area (TPSA) is 75.7 Å². The predicted molar refractivity (Wildman–Crippen MR) is 115 cm³/mol. The standard InChI is InChI=1S/C22H28N2O4S/c1-16(18-12-11-17-7-4-5-8-19(17)13-18)23-22(25)15-24(29(3,26)27)20-9-6-10-21(14-20)28-2/h6,9-14,16H,4-5,7-8,15H2,1-3H3,(H,23,25)/t16-/m0/s1. The minimum Gasteiger partial charge on any atom is -0.497 e. The van der Waals surface area contributed by atoms with Crippen molar-refractivity contribution in [2.24, 2.45) is 0 Å². The Morgan fingerprint density at radius 2 is 1.86 bits per heavy atom. The number of carbonyl (C=O) groups excluding carboxylic acids is 1. The zero-order chi connectivity index (χ0) is 21.0. The van der Waals surface area contributed by atoms with Crippen molar-refractivity contribution in [2.45, 2.75) is 38.6 Å². The maximum absolute atomic E-state index is 12.7. The van der Waals surface area contributed by atoms with Gasteiger partial charge in [0.15, 0.2) is 0 Å². The van der Waals surface area contributed by atoms with Crippen LogP contribution in [0.15, 0.2) is 42.5 Å². The van der Waals surface area contributed by atoms with Crippen molar-refractivity contribution in [1.82, 2.24) is 5.32 Å². The fourth-order valence-corrected chi connectivity index (χ4v) is 4.54. The van der Waals surface area contributed by atoms with E-state index in [1.54, 1.807) is 24.3 Å². The number of aryl methyl sites for hydroxylation is 2. The Bertz CT molecular complexity index is 988. The van der Waals surface area contributed by atoms with E-state index in [2.05, 4.69) is 17.4 Å². The molecule has 2 aromatic rings. The number of nitrogens with zero attached hydrogens (tertiary/aromatic N) is 1. The van der Waals surface area contributed by atoms with E-state index < -0.39 is 10.0 Å². The van der Waals surface area contributed by atoms with E-state index in [1.165, 1.54) is 31.1 Å². The zero-order valence-electron chi connectivity index (χ0n) is 17.1. The van der Waals surface area contributed by atoms with E-state index in [-0.39, 0.29) is 18.5 Å². The lowest BCUT2D eigenvalue weighted by Crippen LogP contribution is -2.41. The van der Waals surface area contributed by atoms with Crippen LogP contribution in [-0.4, -0.2) is 34.2 Å². The van der Waals surface area contributed by atoms with Crippen LogP contribution in [0, 0.1) is 0 Å². The highest BCUT2D eigenvalue weighted by Crippen LogP contribution is 2.25. The van der Waals surface area contributed by atoms with Gasteiger partial charge in [-0.1, -0.05) is 24.3 Å². The molecular formula is C22H28N2O4S. The summed E-state index contributed by atoms with van der Waals surface area (Å²) in [5, 5.41) is 2.93. The number of fused-ring (bicyclic) bond motifs is 1. The second kappa shape index (κ2) is 8.86. The lowest BCUT2D eigenvalue weighted by atomic mass is 9.89. The molecule has 0 bridgehead atoms. The molecular weight excluding hydrogens is 388 g/mol. The maximum atomic E-state index is 12.7. The Balaban J connectivity index is 1.73. The number of benzene rings is 2. The fraction of sp³-hybridized carbons (Fsp3) is 0.409. The number of rotatable bonds is 7. The second-order valence-electron chi connectivity index (χ2n) is 7.50. The maximum Gasteiger partial charge on any atom is 0.241 e. The van der Waals surface area contributed by atoms with E-state index in [9.17, 15) is 13.2 Å². The number of ether oxygens (including phenoxy) is 1. The molecule has 156 valence electrons. The van der Waals surface area contributed by atoms with Crippen LogP contribution in [0.2, 0.25) is 0 Å². The Labute approximate surface area is 172 Å². The number of anilines is 1. The molecule has 0 heterocycles. The van der Waals surface area contributed by atoms with Crippen LogP contribution in [0.4, 0.5) is 5.69 Å². The Hall–Kier alpha value is -2.54. The van der Waals surface area contributed by atoms with E-state index >= 15 is 0 Å². The van der Waals surface area contributed by atoms with Crippen molar-refractivity contribution in [2.75, 3.05) is 24.2 Å². The van der Waals surface area contributed by atoms with Crippen LogP contribution in [0.3, 0.4) is 0 Å². The molecule has 29 heavy (non-hydrogen) atoms. The number of sulfonamides is 1. The Morgan fingerprint density at radius 3 is 2.55 bits per heavy atom. The van der Waals surface area contributed by atoms with Gasteiger partial charge >= 0.3 is 0 Å². The van der Waals surface area contributed by atoms with Crippen molar-refractivity contribution in [3.63, 3.8) is 0 Å². The van der Waals surface area contributed by atoms with Crippen molar-refractivity contribution >= 4 is 21.6 Å². The summed E-state index contributed by atoms with van der Waals surface area (Å²) in [6.45, 7) is 1.63. The SMILES string of the molecule is COc1cccc(N(CC(=O)N[C@@H](C)c2ccc3c(c2)CCCC3)S(C)(=O)=O)c1. The van der Waals surface area contributed by atoms with Gasteiger partial charge in [0.25, 0.3) is 0 Å². The van der Waals surface area contributed by atoms with Gasteiger partial charge in [0, 0.05) is 6.07 Å². The van der Waals surface area contributed by atoms with Crippen LogP contribution in [0.5, 0.6) is 5.75 Å². The molecule has 0 unspecified atom stereocenters. The molecule has 1 aliphatic rings. The number of methoxy groups -OCH3 is 1. The van der Waals surface area contributed by atoms with Gasteiger partial charge in [-0.15, -0.1) is 0 Å². The molecule has 0 saturated carbocycles. The summed E-state index contributed by atoms with van der Waals surface area (Å²) in [5.41, 5.74) is 4.17. The summed E-state index contributed by atoms with van der Waals surface area (Å²) in [7, 11) is -2.12. The summed E-state index contributed by atoms with van der Waals surface area (Å²) in [6.07, 6.45) is 5.69. The van der Waals surface area contributed by atoms with Gasteiger partial charge in [0.05, 0.1) is 25.1 Å². The summed E-state index contributed by atoms with van der Waals surface area (Å²) in [5.74, 6) is 0.169. The van der Waals surface area contributed by atoms with Crippen LogP contribution < -0.4 is 14.4 Å². The first-order chi connectivity index (χ1) is 13.8. The lowest BCUT2D eigenvalue weighted by molar-refractivity contribution is -0.120. The van der Waals surface area contributed by atoms with Gasteiger partial charge in [0.1, 0.15) is 12.3 Å². The average Bonchev–Trinajstić information content (AvgIpc) is 2.70. The first-order valence-electron chi connectivity index (χ1n) is 9.81. The second-order valence-corrected chi connectivity index (χ2v) is 9.40. The predicted octanol–water partition coefficient (Wildman–Crippen LogP) is 3.22. The average molecular weight is 417 g/mol. The molecule has 1 atom stereocenters. The third-order valence-corrected chi connectivity index (χ3v) is 6.42. The van der Waals surface area contributed by atoms with Crippen molar-refractivity contribution in [1.29, 1.82) is 0 Å². The van der Waals surface area contributed by atoms with Gasteiger partial charge in [0.2, 0.25) is 15.9 Å². The fourth-order valence-electron chi connectivity index (χ4n) is 3.69. The molecule has 0 aromatic heterocycles. The van der Waals surface area contributed by atoms with E-state index in [1.807, 2.05) is 13.0 Å². The van der Waals surface area contributed by atoms with Crippen molar-refractivity contribution in [3.8, 4) is 5.75 Å². The quantitative estimate of drug-likeness (QED) is 0.752. The summed E-state index contributed by atoms with van der Waals surface area (Å²) < 4.78 is 30.8. The summed E-state index contributed by atoms with van der Waals surface area (Å²) >= 11 is 0. The first-order valence-corrected chi connectivity index (χ1v) is 11.7. The molecule has 1 N–H and O–H groups in total. The Morgan fingerprint density at radius 1 is 1.14 bits per heavy atom. The molecule has 0 spiro atoms. The van der Waals surface area contributed by atoms with Crippen LogP contribution >= 0.6 is 0 Å². The third-order valence-electron chi connectivity index (χ3n) is 5.28. The summed E-state index contributed by atoms with van der Waals surface area (Å²) in [6, 6.07) is 12.8. The molecule has 2 aromatic carbocycles. The molecule has 6 nitrogen and oxygen atoms in total. The molecule has 7 heteroatoms. The Kier molecular flexibility index (Phi) is 6.47. The van der Waals surface area contributed by atoms with Crippen molar-refractivity contribution in [3.05, 3.63) is 59.2 Å². The first kappa shape index (κ1) is 21.2. The number of amides is 1. The number of nitrogens with one attached hydrogen (secondary N) is 1. The van der Waals surface area contributed by atoms with Gasteiger partial charge in [-0.3, -0.25) is 9.10 Å². The molecule has 1 amide bonds. The smallest absolute Gasteiger partial charge is 0.241 e. The molecule has 0 saturated heterocycles. The van der Waals surface area contributed by atoms with Gasteiger partial charge in [-0.25, -0.2) is 8.42 Å². The van der Waals surface area contributed by atoms with E-state index in [0.717, 1.165) is 29.0 Å². The molecule has 3 rings (SSSR count). The van der Waals surface area contributed by atoms with Gasteiger partial charge in [-0.2, -0.15) is 0 Å². The molecule has 0 fully saturated rings. The van der Waals surface area contributed by atoms with Crippen LogP contribution in [0.1, 0.15) is 42.5 Å².